The van der Waals surface area contributed by atoms with E-state index in [2.05, 4.69) is 11.4 Å². The molecule has 2 aromatic carbocycles. The summed E-state index contributed by atoms with van der Waals surface area (Å²) >= 11 is 1.52. The van der Waals surface area contributed by atoms with Gasteiger partial charge in [-0.25, -0.2) is 0 Å². The molecule has 0 saturated carbocycles. The Morgan fingerprint density at radius 2 is 1.90 bits per heavy atom. The second kappa shape index (κ2) is 8.59. The smallest absolute Gasteiger partial charge is 0.161 e. The Morgan fingerprint density at radius 3 is 2.59 bits per heavy atom. The molecule has 4 nitrogen and oxygen atoms in total. The molecule has 0 spiro atoms. The van der Waals surface area contributed by atoms with Crippen LogP contribution in [0.5, 0.6) is 5.75 Å². The second-order valence-corrected chi connectivity index (χ2v) is 7.95. The normalized spacial score (nSPS) is 18.8. The fourth-order valence-corrected chi connectivity index (χ4v) is 4.52. The lowest BCUT2D eigenvalue weighted by atomic mass is 9.77. The van der Waals surface area contributed by atoms with Crippen LogP contribution in [0.2, 0.25) is 0 Å². The molecule has 1 heterocycles. The van der Waals surface area contributed by atoms with E-state index in [9.17, 15) is 10.1 Å². The highest BCUT2D eigenvalue weighted by molar-refractivity contribution is 8.02. The maximum Gasteiger partial charge on any atom is 0.161 e. The van der Waals surface area contributed by atoms with Crippen molar-refractivity contribution in [1.82, 2.24) is 5.32 Å². The minimum Gasteiger partial charge on any atom is -0.489 e. The van der Waals surface area contributed by atoms with Gasteiger partial charge in [0, 0.05) is 17.7 Å². The van der Waals surface area contributed by atoms with E-state index in [4.69, 9.17) is 4.74 Å². The van der Waals surface area contributed by atoms with Gasteiger partial charge in [0.1, 0.15) is 12.4 Å². The van der Waals surface area contributed by atoms with Crippen LogP contribution in [-0.2, 0) is 11.4 Å². The number of Topliss-reactive ketones (excluding diaryl/α,β-unsaturated/α-hetero) is 1. The van der Waals surface area contributed by atoms with Crippen molar-refractivity contribution in [2.45, 2.75) is 31.8 Å². The molecule has 0 radical (unpaired) electrons. The molecule has 0 amide bonds. The Hall–Kier alpha value is -2.97. The summed E-state index contributed by atoms with van der Waals surface area (Å²) in [6.45, 7) is 0.501. The van der Waals surface area contributed by atoms with Gasteiger partial charge in [-0.1, -0.05) is 42.5 Å². The Kier molecular flexibility index (Phi) is 5.73. The Balaban J connectivity index is 1.63. The van der Waals surface area contributed by atoms with Gasteiger partial charge in [-0.3, -0.25) is 4.79 Å². The average Bonchev–Trinajstić information content (AvgIpc) is 2.77. The number of ketones is 1. The van der Waals surface area contributed by atoms with Crippen LogP contribution in [-0.4, -0.2) is 12.0 Å². The van der Waals surface area contributed by atoms with E-state index in [1.54, 1.807) is 0 Å². The molecule has 29 heavy (non-hydrogen) atoms. The number of thioether (sulfide) groups is 1. The monoisotopic (exact) mass is 402 g/mol. The first kappa shape index (κ1) is 19.4. The van der Waals surface area contributed by atoms with Crippen molar-refractivity contribution in [1.29, 1.82) is 5.26 Å². The van der Waals surface area contributed by atoms with E-state index in [1.807, 2.05) is 60.9 Å². The molecule has 146 valence electrons. The molecule has 0 aromatic heterocycles. The summed E-state index contributed by atoms with van der Waals surface area (Å²) in [7, 11) is 0. The molecule has 0 saturated heterocycles. The Labute approximate surface area is 175 Å². The third-order valence-electron chi connectivity index (χ3n) is 5.33. The fourth-order valence-electron chi connectivity index (χ4n) is 3.92. The van der Waals surface area contributed by atoms with Crippen LogP contribution < -0.4 is 10.1 Å². The number of hydrogen-bond donors (Lipinski definition) is 1. The summed E-state index contributed by atoms with van der Waals surface area (Å²) in [6, 6.07) is 20.1. The molecule has 2 aromatic rings. The van der Waals surface area contributed by atoms with E-state index in [1.165, 1.54) is 11.8 Å². The first-order valence-corrected chi connectivity index (χ1v) is 10.9. The van der Waals surface area contributed by atoms with E-state index in [0.717, 1.165) is 46.0 Å². The van der Waals surface area contributed by atoms with Crippen LogP contribution in [0.4, 0.5) is 0 Å². The van der Waals surface area contributed by atoms with Gasteiger partial charge in [-0.2, -0.15) is 5.26 Å². The van der Waals surface area contributed by atoms with Crippen molar-refractivity contribution >= 4 is 17.5 Å². The largest absolute Gasteiger partial charge is 0.489 e. The molecule has 1 aliphatic heterocycles. The summed E-state index contributed by atoms with van der Waals surface area (Å²) in [6.07, 6.45) is 4.20. The highest BCUT2D eigenvalue weighted by atomic mass is 32.2. The predicted molar refractivity (Wildman–Crippen MR) is 115 cm³/mol. The number of nitrogens with one attached hydrogen (secondary N) is 1. The molecule has 1 N–H and O–H groups in total. The molecule has 0 unspecified atom stereocenters. The van der Waals surface area contributed by atoms with Crippen LogP contribution in [0.15, 0.2) is 76.5 Å². The van der Waals surface area contributed by atoms with Crippen LogP contribution in [0.3, 0.4) is 0 Å². The minimum absolute atomic E-state index is 0.140. The molecular weight excluding hydrogens is 380 g/mol. The van der Waals surface area contributed by atoms with Crippen LogP contribution in [0, 0.1) is 11.3 Å². The Bertz CT molecular complexity index is 1020. The first-order valence-electron chi connectivity index (χ1n) is 9.69. The molecule has 1 atom stereocenters. The molecule has 1 aliphatic carbocycles. The highest BCUT2D eigenvalue weighted by Crippen LogP contribution is 2.43. The summed E-state index contributed by atoms with van der Waals surface area (Å²) in [4.78, 5) is 12.7. The van der Waals surface area contributed by atoms with Crippen molar-refractivity contribution in [3.05, 3.63) is 87.6 Å². The van der Waals surface area contributed by atoms with Gasteiger partial charge in [0.05, 0.1) is 22.6 Å². The molecule has 0 bridgehead atoms. The van der Waals surface area contributed by atoms with Crippen molar-refractivity contribution in [3.8, 4) is 11.8 Å². The molecule has 0 fully saturated rings. The van der Waals surface area contributed by atoms with Gasteiger partial charge in [-0.15, -0.1) is 11.8 Å². The maximum absolute atomic E-state index is 12.7. The zero-order chi connectivity index (χ0) is 20.2. The molecular formula is C24H22N2O2S. The fraction of sp³-hybridized carbons (Fsp3) is 0.250. The summed E-state index contributed by atoms with van der Waals surface area (Å²) in [5.41, 5.74) is 4.40. The van der Waals surface area contributed by atoms with Crippen molar-refractivity contribution in [2.24, 2.45) is 0 Å². The van der Waals surface area contributed by atoms with Gasteiger partial charge in [-0.05, 0) is 42.4 Å². The van der Waals surface area contributed by atoms with Gasteiger partial charge in [0.2, 0.25) is 0 Å². The Morgan fingerprint density at radius 1 is 1.14 bits per heavy atom. The van der Waals surface area contributed by atoms with Crippen LogP contribution in [0.1, 0.15) is 36.3 Å². The minimum atomic E-state index is -0.310. The molecule has 4 rings (SSSR count). The van der Waals surface area contributed by atoms with E-state index < -0.39 is 0 Å². The van der Waals surface area contributed by atoms with Gasteiger partial charge >= 0.3 is 0 Å². The number of allylic oxidation sites excluding steroid dienone is 3. The van der Waals surface area contributed by atoms with E-state index in [0.29, 0.717) is 18.6 Å². The van der Waals surface area contributed by atoms with Gasteiger partial charge in [0.25, 0.3) is 0 Å². The lowest BCUT2D eigenvalue weighted by molar-refractivity contribution is -0.116. The number of hydrogen-bond acceptors (Lipinski definition) is 5. The number of carbonyl (C=O) groups is 1. The standard InChI is InChI=1S/C24H22N2O2S/c1-29-24-19(14-25)22(23-20(26-24)8-5-9-21(23)27)17-10-12-18(13-11-17)28-15-16-6-3-2-4-7-16/h2-4,6-7,10-13,22,26H,5,8-9,15H2,1H3/t22-/m0/s1. The molecule has 5 heteroatoms. The number of rotatable bonds is 5. The van der Waals surface area contributed by atoms with Crippen LogP contribution in [0.25, 0.3) is 0 Å². The second-order valence-electron chi connectivity index (χ2n) is 7.13. The number of benzene rings is 2. The van der Waals surface area contributed by atoms with E-state index >= 15 is 0 Å². The highest BCUT2D eigenvalue weighted by Gasteiger charge is 2.36. The number of ether oxygens (including phenoxy) is 1. The topological polar surface area (TPSA) is 62.1 Å². The van der Waals surface area contributed by atoms with Gasteiger partial charge in [0.15, 0.2) is 5.78 Å². The first-order chi connectivity index (χ1) is 14.2. The lowest BCUT2D eigenvalue weighted by Crippen LogP contribution is -2.31. The summed E-state index contributed by atoms with van der Waals surface area (Å²) < 4.78 is 5.89. The van der Waals surface area contributed by atoms with E-state index in [-0.39, 0.29) is 11.7 Å². The van der Waals surface area contributed by atoms with Crippen molar-refractivity contribution in [3.63, 3.8) is 0 Å². The maximum atomic E-state index is 12.7. The van der Waals surface area contributed by atoms with Crippen molar-refractivity contribution in [2.75, 3.05) is 6.26 Å². The van der Waals surface area contributed by atoms with Gasteiger partial charge < -0.3 is 10.1 Å². The van der Waals surface area contributed by atoms with Crippen LogP contribution >= 0.6 is 11.8 Å². The average molecular weight is 403 g/mol. The number of carbonyl (C=O) groups excluding carboxylic acids is 1. The third kappa shape index (κ3) is 3.94. The number of nitrogens with zero attached hydrogens (tertiary/aromatic N) is 1. The SMILES string of the molecule is CSC1=C(C#N)[C@H](c2ccc(OCc3ccccc3)cc2)C2=C(CCCC2=O)N1. The molecule has 2 aliphatic rings. The van der Waals surface area contributed by atoms with Crippen molar-refractivity contribution < 1.29 is 9.53 Å². The summed E-state index contributed by atoms with van der Waals surface area (Å²) in [5.74, 6) is 0.596. The zero-order valence-corrected chi connectivity index (χ0v) is 17.1. The number of dihydropyridines is 1. The number of nitriles is 1. The quantitative estimate of drug-likeness (QED) is 0.758. The summed E-state index contributed by atoms with van der Waals surface area (Å²) in [5, 5.41) is 14.0. The zero-order valence-electron chi connectivity index (χ0n) is 16.3. The lowest BCUT2D eigenvalue weighted by Gasteiger charge is -2.33. The third-order valence-corrected chi connectivity index (χ3v) is 6.06. The predicted octanol–water partition coefficient (Wildman–Crippen LogP) is 5.06.